The largest absolute Gasteiger partial charge is 0.480 e. The van der Waals surface area contributed by atoms with Crippen LogP contribution >= 0.6 is 12.6 Å². The molecular weight excluding hydrogens is 406 g/mol. The highest BCUT2D eigenvalue weighted by molar-refractivity contribution is 7.80. The topological polar surface area (TPSA) is 200 Å². The minimum atomic E-state index is -1.57. The van der Waals surface area contributed by atoms with Crippen molar-refractivity contribution in [3.63, 3.8) is 0 Å². The Bertz CT molecular complexity index is 639. The van der Waals surface area contributed by atoms with Crippen molar-refractivity contribution >= 4 is 42.2 Å². The van der Waals surface area contributed by atoms with Crippen LogP contribution in [-0.4, -0.2) is 82.4 Å². The number of carboxylic acids is 1. The summed E-state index contributed by atoms with van der Waals surface area (Å²) in [6.07, 6.45) is -0.486. The zero-order valence-electron chi connectivity index (χ0n) is 15.9. The van der Waals surface area contributed by atoms with Crippen LogP contribution in [0.25, 0.3) is 0 Å². The molecule has 13 heteroatoms. The van der Waals surface area contributed by atoms with Gasteiger partial charge < -0.3 is 37.2 Å². The molecule has 1 aliphatic heterocycles. The van der Waals surface area contributed by atoms with Gasteiger partial charge in [-0.3, -0.25) is 19.2 Å². The normalized spacial score (nSPS) is 20.0. The van der Waals surface area contributed by atoms with E-state index in [9.17, 15) is 29.1 Å². The van der Waals surface area contributed by atoms with Gasteiger partial charge in [-0.2, -0.15) is 12.6 Å². The second kappa shape index (κ2) is 11.6. The Balaban J connectivity index is 2.76. The highest BCUT2D eigenvalue weighted by atomic mass is 32.1. The molecule has 4 amide bonds. The minimum absolute atomic E-state index is 0.203. The molecule has 1 aliphatic rings. The molecule has 5 atom stereocenters. The zero-order chi connectivity index (χ0) is 22.1. The van der Waals surface area contributed by atoms with Gasteiger partial charge in [-0.15, -0.1) is 0 Å². The van der Waals surface area contributed by atoms with Gasteiger partial charge in [-0.05, 0) is 26.3 Å². The van der Waals surface area contributed by atoms with Crippen LogP contribution in [0.1, 0.15) is 26.2 Å². The van der Waals surface area contributed by atoms with Gasteiger partial charge in [-0.25, -0.2) is 4.79 Å². The Hall–Kier alpha value is -2.38. The molecule has 164 valence electrons. The fraction of sp³-hybridized carbons (Fsp3) is 0.688. The first-order valence-corrected chi connectivity index (χ1v) is 9.64. The van der Waals surface area contributed by atoms with E-state index in [1.165, 1.54) is 6.92 Å². The van der Waals surface area contributed by atoms with Crippen molar-refractivity contribution in [1.82, 2.24) is 21.3 Å². The van der Waals surface area contributed by atoms with Crippen molar-refractivity contribution < 1.29 is 34.2 Å². The van der Waals surface area contributed by atoms with Crippen molar-refractivity contribution in [2.45, 2.75) is 56.5 Å². The standard InChI is InChI=1S/C16H27N5O7S/c1-7(22)12(21-13(24)8-3-2-4-18-8)15(26)20-10(6-29)14(25)19-9(16(27)28)5-11(17)23/h7-10,12,18,22,29H,2-6H2,1H3,(H2,17,23)(H,19,25)(H,20,26)(H,21,24)(H,27,28). The van der Waals surface area contributed by atoms with Gasteiger partial charge in [0.1, 0.15) is 18.1 Å². The first-order chi connectivity index (χ1) is 13.6. The first-order valence-electron chi connectivity index (χ1n) is 9.01. The molecule has 1 fully saturated rings. The molecule has 12 nitrogen and oxygen atoms in total. The third kappa shape index (κ3) is 7.87. The van der Waals surface area contributed by atoms with E-state index in [4.69, 9.17) is 10.8 Å². The lowest BCUT2D eigenvalue weighted by Gasteiger charge is -2.25. The number of thiol groups is 1. The molecule has 8 N–H and O–H groups in total. The lowest BCUT2D eigenvalue weighted by Crippen LogP contribution is -2.60. The number of hydrogen-bond acceptors (Lipinski definition) is 8. The molecule has 0 aliphatic carbocycles. The Morgan fingerprint density at radius 2 is 1.76 bits per heavy atom. The molecule has 1 saturated heterocycles. The number of nitrogens with one attached hydrogen (secondary N) is 4. The van der Waals surface area contributed by atoms with Gasteiger partial charge in [0.15, 0.2) is 0 Å². The number of rotatable bonds is 11. The van der Waals surface area contributed by atoms with Crippen LogP contribution in [0.3, 0.4) is 0 Å². The van der Waals surface area contributed by atoms with Crippen molar-refractivity contribution in [2.24, 2.45) is 5.73 Å². The summed E-state index contributed by atoms with van der Waals surface area (Å²) in [5, 5.41) is 28.7. The fourth-order valence-corrected chi connectivity index (χ4v) is 2.95. The fourth-order valence-electron chi connectivity index (χ4n) is 2.70. The molecule has 0 bridgehead atoms. The summed E-state index contributed by atoms with van der Waals surface area (Å²) in [5.74, 6) is -4.81. The Labute approximate surface area is 172 Å². The summed E-state index contributed by atoms with van der Waals surface area (Å²) in [6, 6.07) is -4.65. The molecular formula is C16H27N5O7S. The number of aliphatic hydroxyl groups is 1. The van der Waals surface area contributed by atoms with Crippen LogP contribution in [0.2, 0.25) is 0 Å². The van der Waals surface area contributed by atoms with E-state index >= 15 is 0 Å². The third-order valence-corrected chi connectivity index (χ3v) is 4.64. The molecule has 29 heavy (non-hydrogen) atoms. The third-order valence-electron chi connectivity index (χ3n) is 4.27. The molecule has 1 heterocycles. The average Bonchev–Trinajstić information content (AvgIpc) is 3.17. The summed E-state index contributed by atoms with van der Waals surface area (Å²) >= 11 is 3.96. The van der Waals surface area contributed by atoms with Crippen LogP contribution < -0.4 is 27.0 Å². The molecule has 1 rings (SSSR count). The van der Waals surface area contributed by atoms with Crippen LogP contribution in [0, 0.1) is 0 Å². The van der Waals surface area contributed by atoms with Crippen molar-refractivity contribution in [2.75, 3.05) is 12.3 Å². The number of nitrogens with two attached hydrogens (primary N) is 1. The van der Waals surface area contributed by atoms with E-state index in [1.807, 2.05) is 0 Å². The number of carbonyl (C=O) groups excluding carboxylic acids is 4. The zero-order valence-corrected chi connectivity index (χ0v) is 16.8. The SMILES string of the molecule is CC(O)C(NC(=O)C1CCCN1)C(=O)NC(CS)C(=O)NC(CC(N)=O)C(=O)O. The molecule has 0 aromatic carbocycles. The summed E-state index contributed by atoms with van der Waals surface area (Å²) in [4.78, 5) is 59.1. The molecule has 0 aromatic heterocycles. The summed E-state index contributed by atoms with van der Waals surface area (Å²) in [5.41, 5.74) is 4.96. The number of aliphatic hydroxyl groups excluding tert-OH is 1. The number of carbonyl (C=O) groups is 5. The predicted molar refractivity (Wildman–Crippen MR) is 104 cm³/mol. The van der Waals surface area contributed by atoms with E-state index in [-0.39, 0.29) is 5.75 Å². The second-order valence-electron chi connectivity index (χ2n) is 6.69. The van der Waals surface area contributed by atoms with Gasteiger partial charge in [0.25, 0.3) is 0 Å². The number of carboxylic acid groups (broad SMARTS) is 1. The maximum absolute atomic E-state index is 12.5. The lowest BCUT2D eigenvalue weighted by atomic mass is 10.1. The highest BCUT2D eigenvalue weighted by Crippen LogP contribution is 2.06. The van der Waals surface area contributed by atoms with Crippen molar-refractivity contribution in [3.05, 3.63) is 0 Å². The van der Waals surface area contributed by atoms with Crippen LogP contribution in [0.4, 0.5) is 0 Å². The van der Waals surface area contributed by atoms with Gasteiger partial charge in [0.05, 0.1) is 18.6 Å². The maximum atomic E-state index is 12.5. The van der Waals surface area contributed by atoms with Crippen molar-refractivity contribution in [1.29, 1.82) is 0 Å². The second-order valence-corrected chi connectivity index (χ2v) is 7.05. The van der Waals surface area contributed by atoms with E-state index in [0.29, 0.717) is 13.0 Å². The van der Waals surface area contributed by atoms with Gasteiger partial charge in [0, 0.05) is 5.75 Å². The van der Waals surface area contributed by atoms with E-state index in [0.717, 1.165) is 6.42 Å². The van der Waals surface area contributed by atoms with E-state index < -0.39 is 66.3 Å². The summed E-state index contributed by atoms with van der Waals surface area (Å²) < 4.78 is 0. The monoisotopic (exact) mass is 433 g/mol. The summed E-state index contributed by atoms with van der Waals surface area (Å²) in [7, 11) is 0. The summed E-state index contributed by atoms with van der Waals surface area (Å²) in [6.45, 7) is 1.97. The average molecular weight is 433 g/mol. The molecule has 0 saturated carbocycles. The maximum Gasteiger partial charge on any atom is 0.326 e. The molecule has 5 unspecified atom stereocenters. The Morgan fingerprint density at radius 1 is 1.14 bits per heavy atom. The highest BCUT2D eigenvalue weighted by Gasteiger charge is 2.33. The van der Waals surface area contributed by atoms with Gasteiger partial charge in [0.2, 0.25) is 23.6 Å². The molecule has 0 aromatic rings. The number of amides is 4. The van der Waals surface area contributed by atoms with Crippen molar-refractivity contribution in [3.8, 4) is 0 Å². The van der Waals surface area contributed by atoms with Gasteiger partial charge >= 0.3 is 5.97 Å². The van der Waals surface area contributed by atoms with E-state index in [1.54, 1.807) is 0 Å². The number of primary amides is 1. The van der Waals surface area contributed by atoms with E-state index in [2.05, 4.69) is 33.9 Å². The van der Waals surface area contributed by atoms with Gasteiger partial charge in [-0.1, -0.05) is 0 Å². The van der Waals surface area contributed by atoms with Crippen LogP contribution in [-0.2, 0) is 24.0 Å². The smallest absolute Gasteiger partial charge is 0.326 e. The predicted octanol–water partition coefficient (Wildman–Crippen LogP) is -3.54. The Kier molecular flexibility index (Phi) is 9.85. The minimum Gasteiger partial charge on any atom is -0.480 e. The molecule has 0 spiro atoms. The Morgan fingerprint density at radius 3 is 2.21 bits per heavy atom. The number of aliphatic carboxylic acids is 1. The van der Waals surface area contributed by atoms with Crippen LogP contribution in [0.5, 0.6) is 0 Å². The molecule has 0 radical (unpaired) electrons. The van der Waals surface area contributed by atoms with Crippen LogP contribution in [0.15, 0.2) is 0 Å². The first kappa shape index (κ1) is 24.7. The quantitative estimate of drug-likeness (QED) is 0.153. The number of hydrogen-bond donors (Lipinski definition) is 8. The lowest BCUT2D eigenvalue weighted by molar-refractivity contribution is -0.143.